The molecule has 0 aliphatic carbocycles. The quantitative estimate of drug-likeness (QED) is 0.681. The molecule has 154 valence electrons. The lowest BCUT2D eigenvalue weighted by Gasteiger charge is -2.31. The highest BCUT2D eigenvalue weighted by molar-refractivity contribution is 7.07. The van der Waals surface area contributed by atoms with Crippen molar-refractivity contribution in [1.29, 1.82) is 0 Å². The lowest BCUT2D eigenvalue weighted by molar-refractivity contribution is 0.0688. The molecule has 0 saturated carbocycles. The molecule has 1 aliphatic heterocycles. The first-order valence-corrected chi connectivity index (χ1v) is 10.9. The van der Waals surface area contributed by atoms with Crippen LogP contribution in [0.25, 0.3) is 11.1 Å². The Hall–Kier alpha value is -3.06. The number of aromatic nitrogens is 2. The Morgan fingerprint density at radius 3 is 2.33 bits per heavy atom. The molecule has 6 nitrogen and oxygen atoms in total. The highest BCUT2D eigenvalue weighted by Gasteiger charge is 2.26. The molecule has 0 spiro atoms. The van der Waals surface area contributed by atoms with Gasteiger partial charge < -0.3 is 10.2 Å². The van der Waals surface area contributed by atoms with E-state index in [-0.39, 0.29) is 11.8 Å². The van der Waals surface area contributed by atoms with Crippen LogP contribution in [-0.2, 0) is 0 Å². The SMILES string of the molecule is Cc1nnsc1C(=O)N1CCC(CNC(=O)c2ccc(-c3ccccc3)cc2)CC1. The van der Waals surface area contributed by atoms with Crippen molar-refractivity contribution in [2.45, 2.75) is 19.8 Å². The van der Waals surface area contributed by atoms with Crippen LogP contribution in [0.1, 0.15) is 38.6 Å². The van der Waals surface area contributed by atoms with Gasteiger partial charge in [0.05, 0.1) is 5.69 Å². The number of amides is 2. The Labute approximate surface area is 180 Å². The number of nitrogens with one attached hydrogen (secondary N) is 1. The fourth-order valence-electron chi connectivity index (χ4n) is 3.70. The highest BCUT2D eigenvalue weighted by atomic mass is 32.1. The molecule has 2 heterocycles. The van der Waals surface area contributed by atoms with Crippen LogP contribution in [0.2, 0.25) is 0 Å². The molecule has 0 atom stereocenters. The maximum absolute atomic E-state index is 12.6. The van der Waals surface area contributed by atoms with Crippen molar-refractivity contribution >= 4 is 23.3 Å². The van der Waals surface area contributed by atoms with Gasteiger partial charge in [-0.1, -0.05) is 47.0 Å². The van der Waals surface area contributed by atoms with E-state index in [1.807, 2.05) is 54.3 Å². The predicted molar refractivity (Wildman–Crippen MR) is 117 cm³/mol. The summed E-state index contributed by atoms with van der Waals surface area (Å²) >= 11 is 1.15. The van der Waals surface area contributed by atoms with E-state index < -0.39 is 0 Å². The summed E-state index contributed by atoms with van der Waals surface area (Å²) in [6.45, 7) is 3.83. The second kappa shape index (κ2) is 9.17. The smallest absolute Gasteiger partial charge is 0.267 e. The van der Waals surface area contributed by atoms with Crippen molar-refractivity contribution in [3.63, 3.8) is 0 Å². The third kappa shape index (κ3) is 4.57. The van der Waals surface area contributed by atoms with Gasteiger partial charge >= 0.3 is 0 Å². The summed E-state index contributed by atoms with van der Waals surface area (Å²) in [6, 6.07) is 17.8. The Morgan fingerprint density at radius 1 is 1.03 bits per heavy atom. The van der Waals surface area contributed by atoms with Crippen LogP contribution in [0.4, 0.5) is 0 Å². The summed E-state index contributed by atoms with van der Waals surface area (Å²) in [7, 11) is 0. The molecule has 1 N–H and O–H groups in total. The van der Waals surface area contributed by atoms with E-state index >= 15 is 0 Å². The zero-order valence-electron chi connectivity index (χ0n) is 16.9. The average Bonchev–Trinajstić information content (AvgIpc) is 3.24. The number of likely N-dealkylation sites (tertiary alicyclic amines) is 1. The van der Waals surface area contributed by atoms with Gasteiger partial charge in [-0.3, -0.25) is 9.59 Å². The number of piperidine rings is 1. The van der Waals surface area contributed by atoms with Crippen LogP contribution >= 0.6 is 11.5 Å². The highest BCUT2D eigenvalue weighted by Crippen LogP contribution is 2.21. The predicted octanol–water partition coefficient (Wildman–Crippen LogP) is 3.80. The van der Waals surface area contributed by atoms with E-state index in [1.165, 1.54) is 0 Å². The van der Waals surface area contributed by atoms with E-state index in [4.69, 9.17) is 0 Å². The third-order valence-corrected chi connectivity index (χ3v) is 6.37. The van der Waals surface area contributed by atoms with Crippen LogP contribution in [0, 0.1) is 12.8 Å². The molecule has 1 aromatic heterocycles. The standard InChI is InChI=1S/C23H24N4O2S/c1-16-21(30-26-25-16)23(29)27-13-11-17(12-14-27)15-24-22(28)20-9-7-19(8-10-20)18-5-3-2-4-6-18/h2-10,17H,11-15H2,1H3,(H,24,28). The van der Waals surface area contributed by atoms with Gasteiger partial charge in [-0.2, -0.15) is 0 Å². The maximum Gasteiger partial charge on any atom is 0.267 e. The molecule has 7 heteroatoms. The van der Waals surface area contributed by atoms with Crippen LogP contribution in [0.15, 0.2) is 54.6 Å². The second-order valence-electron chi connectivity index (χ2n) is 7.58. The molecule has 4 rings (SSSR count). The fourth-order valence-corrected chi connectivity index (χ4v) is 4.32. The molecule has 1 fully saturated rings. The summed E-state index contributed by atoms with van der Waals surface area (Å²) in [4.78, 5) is 27.6. The van der Waals surface area contributed by atoms with Gasteiger partial charge in [-0.05, 0) is 60.5 Å². The molecule has 0 unspecified atom stereocenters. The number of rotatable bonds is 5. The van der Waals surface area contributed by atoms with E-state index in [2.05, 4.69) is 27.0 Å². The number of carbonyl (C=O) groups is 2. The Kier molecular flexibility index (Phi) is 6.18. The average molecular weight is 421 g/mol. The topological polar surface area (TPSA) is 75.2 Å². The van der Waals surface area contributed by atoms with Gasteiger partial charge in [0, 0.05) is 25.2 Å². The van der Waals surface area contributed by atoms with Crippen molar-refractivity contribution in [2.75, 3.05) is 19.6 Å². The molecule has 1 aliphatic rings. The minimum atomic E-state index is -0.0560. The molecular formula is C23H24N4O2S. The first-order chi connectivity index (χ1) is 14.6. The van der Waals surface area contributed by atoms with Crippen LogP contribution in [0.3, 0.4) is 0 Å². The van der Waals surface area contributed by atoms with Gasteiger partial charge in [-0.15, -0.1) is 5.10 Å². The van der Waals surface area contributed by atoms with E-state index in [0.717, 1.165) is 35.5 Å². The fraction of sp³-hybridized carbons (Fsp3) is 0.304. The third-order valence-electron chi connectivity index (χ3n) is 5.55. The van der Waals surface area contributed by atoms with Gasteiger partial charge in [0.25, 0.3) is 11.8 Å². The molecule has 3 aromatic rings. The molecule has 30 heavy (non-hydrogen) atoms. The summed E-state index contributed by atoms with van der Waals surface area (Å²) in [6.07, 6.45) is 1.76. The van der Waals surface area contributed by atoms with Crippen molar-refractivity contribution in [2.24, 2.45) is 5.92 Å². The number of nitrogens with zero attached hydrogens (tertiary/aromatic N) is 3. The first kappa shape index (κ1) is 20.2. The first-order valence-electron chi connectivity index (χ1n) is 10.1. The van der Waals surface area contributed by atoms with Gasteiger partial charge in [0.1, 0.15) is 4.88 Å². The summed E-state index contributed by atoms with van der Waals surface area (Å²) in [5, 5.41) is 6.97. The van der Waals surface area contributed by atoms with E-state index in [1.54, 1.807) is 0 Å². The number of aryl methyl sites for hydroxylation is 1. The summed E-state index contributed by atoms with van der Waals surface area (Å²) in [5.74, 6) is 0.338. The van der Waals surface area contributed by atoms with Crippen LogP contribution < -0.4 is 5.32 Å². The molecule has 1 saturated heterocycles. The van der Waals surface area contributed by atoms with Gasteiger partial charge in [0.2, 0.25) is 0 Å². The molecule has 0 radical (unpaired) electrons. The molecule has 2 amide bonds. The van der Waals surface area contributed by atoms with Gasteiger partial charge in [0.15, 0.2) is 0 Å². The zero-order chi connectivity index (χ0) is 20.9. The van der Waals surface area contributed by atoms with Crippen molar-refractivity contribution in [1.82, 2.24) is 19.8 Å². The van der Waals surface area contributed by atoms with Crippen molar-refractivity contribution in [3.05, 3.63) is 70.7 Å². The van der Waals surface area contributed by atoms with Crippen LogP contribution in [-0.4, -0.2) is 45.9 Å². The number of hydrogen-bond acceptors (Lipinski definition) is 5. The zero-order valence-corrected chi connectivity index (χ0v) is 17.7. The second-order valence-corrected chi connectivity index (χ2v) is 8.33. The molecular weight excluding hydrogens is 396 g/mol. The lowest BCUT2D eigenvalue weighted by Crippen LogP contribution is -2.41. The number of carbonyl (C=O) groups excluding carboxylic acids is 2. The van der Waals surface area contributed by atoms with E-state index in [9.17, 15) is 9.59 Å². The largest absolute Gasteiger partial charge is 0.352 e. The normalized spacial score (nSPS) is 14.5. The van der Waals surface area contributed by atoms with Crippen molar-refractivity contribution in [3.8, 4) is 11.1 Å². The van der Waals surface area contributed by atoms with Crippen LogP contribution in [0.5, 0.6) is 0 Å². The Balaban J connectivity index is 1.26. The van der Waals surface area contributed by atoms with Crippen molar-refractivity contribution < 1.29 is 9.59 Å². The summed E-state index contributed by atoms with van der Waals surface area (Å²) in [5.41, 5.74) is 3.58. The minimum Gasteiger partial charge on any atom is -0.352 e. The molecule has 0 bridgehead atoms. The molecule has 2 aromatic carbocycles. The monoisotopic (exact) mass is 420 g/mol. The van der Waals surface area contributed by atoms with Gasteiger partial charge in [-0.25, -0.2) is 0 Å². The number of benzene rings is 2. The minimum absolute atomic E-state index is 0.0171. The Morgan fingerprint density at radius 2 is 1.70 bits per heavy atom. The maximum atomic E-state index is 12.6. The number of hydrogen-bond donors (Lipinski definition) is 1. The summed E-state index contributed by atoms with van der Waals surface area (Å²) < 4.78 is 3.85. The van der Waals surface area contributed by atoms with E-state index in [0.29, 0.717) is 41.7 Å². The Bertz CT molecular complexity index is 1010. The lowest BCUT2D eigenvalue weighted by atomic mass is 9.96.